The molecule has 21 heavy (non-hydrogen) atoms. The first-order valence-electron chi connectivity index (χ1n) is 8.36. The van der Waals surface area contributed by atoms with Crippen molar-refractivity contribution in [1.82, 2.24) is 9.97 Å². The zero-order valence-corrected chi connectivity index (χ0v) is 13.4. The Morgan fingerprint density at radius 2 is 2.10 bits per heavy atom. The Labute approximate surface area is 128 Å². The first-order chi connectivity index (χ1) is 10.3. The van der Waals surface area contributed by atoms with Crippen LogP contribution in [-0.4, -0.2) is 23.1 Å². The number of aryl methyl sites for hydroxylation is 1. The number of hydrogen-bond donors (Lipinski definition) is 2. The predicted octanol–water partition coefficient (Wildman–Crippen LogP) is 3.12. The quantitative estimate of drug-likeness (QED) is 0.622. The molecule has 0 aromatic carbocycles. The Kier molecular flexibility index (Phi) is 6.23. The number of rotatable bonds is 6. The van der Waals surface area contributed by atoms with Crippen molar-refractivity contribution in [3.8, 4) is 0 Å². The van der Waals surface area contributed by atoms with Crippen molar-refractivity contribution in [1.29, 1.82) is 0 Å². The summed E-state index contributed by atoms with van der Waals surface area (Å²) >= 11 is 0. The molecule has 0 amide bonds. The molecule has 1 aromatic heterocycles. The van der Waals surface area contributed by atoms with Gasteiger partial charge in [0.05, 0.1) is 0 Å². The zero-order valence-electron chi connectivity index (χ0n) is 13.4. The molecule has 2 rings (SSSR count). The van der Waals surface area contributed by atoms with Crippen LogP contribution < -0.4 is 16.2 Å². The summed E-state index contributed by atoms with van der Waals surface area (Å²) in [5.41, 5.74) is 2.67. The van der Waals surface area contributed by atoms with Crippen molar-refractivity contribution in [2.75, 3.05) is 23.4 Å². The minimum atomic E-state index is 0.720. The molecule has 5 nitrogen and oxygen atoms in total. The summed E-state index contributed by atoms with van der Waals surface area (Å²) in [5, 5.41) is 0. The normalized spacial score (nSPS) is 19.4. The third-order valence-corrected chi connectivity index (χ3v) is 4.25. The van der Waals surface area contributed by atoms with Gasteiger partial charge in [-0.05, 0) is 31.6 Å². The molecule has 0 radical (unpaired) electrons. The van der Waals surface area contributed by atoms with Gasteiger partial charge in [0.15, 0.2) is 0 Å². The number of nitrogen functional groups attached to an aromatic ring is 1. The van der Waals surface area contributed by atoms with E-state index in [9.17, 15) is 0 Å². The van der Waals surface area contributed by atoms with Crippen molar-refractivity contribution in [2.24, 2.45) is 11.8 Å². The second kappa shape index (κ2) is 8.17. The summed E-state index contributed by atoms with van der Waals surface area (Å²) in [4.78, 5) is 11.6. The van der Waals surface area contributed by atoms with Crippen LogP contribution in [0.3, 0.4) is 0 Å². The molecular formula is C16H29N5. The van der Waals surface area contributed by atoms with Crippen LogP contribution in [-0.2, 0) is 6.42 Å². The molecule has 1 unspecified atom stereocenters. The van der Waals surface area contributed by atoms with E-state index in [2.05, 4.69) is 29.2 Å². The van der Waals surface area contributed by atoms with Crippen LogP contribution in [0.1, 0.15) is 58.2 Å². The van der Waals surface area contributed by atoms with E-state index in [4.69, 9.17) is 10.8 Å². The lowest BCUT2D eigenvalue weighted by molar-refractivity contribution is 0.435. The molecule has 0 saturated carbocycles. The molecule has 1 atom stereocenters. The zero-order chi connectivity index (χ0) is 15.1. The van der Waals surface area contributed by atoms with Gasteiger partial charge in [-0.3, -0.25) is 0 Å². The lowest BCUT2D eigenvalue weighted by Crippen LogP contribution is -2.26. The van der Waals surface area contributed by atoms with Crippen LogP contribution in [0.25, 0.3) is 0 Å². The summed E-state index contributed by atoms with van der Waals surface area (Å²) < 4.78 is 0. The van der Waals surface area contributed by atoms with Gasteiger partial charge in [0.25, 0.3) is 0 Å². The Morgan fingerprint density at radius 3 is 2.81 bits per heavy atom. The van der Waals surface area contributed by atoms with E-state index in [1.54, 1.807) is 0 Å². The molecule has 0 bridgehead atoms. The number of nitrogens with one attached hydrogen (secondary N) is 1. The lowest BCUT2D eigenvalue weighted by atomic mass is 9.96. The Hall–Kier alpha value is -1.36. The smallest absolute Gasteiger partial charge is 0.145 e. The SMILES string of the molecule is CCCc1nc(NN)cc(N2CCCC(CCC)CC2)n1. The highest BCUT2D eigenvalue weighted by Gasteiger charge is 2.18. The van der Waals surface area contributed by atoms with Crippen molar-refractivity contribution in [3.05, 3.63) is 11.9 Å². The first kappa shape index (κ1) is 16.0. The summed E-state index contributed by atoms with van der Waals surface area (Å²) in [7, 11) is 0. The van der Waals surface area contributed by atoms with Gasteiger partial charge in [-0.1, -0.05) is 26.7 Å². The minimum Gasteiger partial charge on any atom is -0.356 e. The summed E-state index contributed by atoms with van der Waals surface area (Å²) in [5.74, 6) is 9.06. The first-order valence-corrected chi connectivity index (χ1v) is 8.36. The fraction of sp³-hybridized carbons (Fsp3) is 0.750. The molecule has 0 aliphatic carbocycles. The summed E-state index contributed by atoms with van der Waals surface area (Å²) in [6, 6.07) is 1.97. The lowest BCUT2D eigenvalue weighted by Gasteiger charge is -2.22. The largest absolute Gasteiger partial charge is 0.356 e. The molecule has 1 aliphatic heterocycles. The summed E-state index contributed by atoms with van der Waals surface area (Å²) in [6.45, 7) is 6.61. The van der Waals surface area contributed by atoms with Gasteiger partial charge in [-0.2, -0.15) is 0 Å². The molecular weight excluding hydrogens is 262 g/mol. The van der Waals surface area contributed by atoms with Crippen LogP contribution in [0, 0.1) is 5.92 Å². The second-order valence-corrected chi connectivity index (χ2v) is 5.99. The highest BCUT2D eigenvalue weighted by molar-refractivity contribution is 5.49. The number of nitrogens with zero attached hydrogens (tertiary/aromatic N) is 3. The number of nitrogens with two attached hydrogens (primary N) is 1. The van der Waals surface area contributed by atoms with Gasteiger partial charge >= 0.3 is 0 Å². The van der Waals surface area contributed by atoms with Crippen molar-refractivity contribution >= 4 is 11.6 Å². The van der Waals surface area contributed by atoms with Gasteiger partial charge in [0, 0.05) is 25.6 Å². The van der Waals surface area contributed by atoms with Crippen molar-refractivity contribution in [3.63, 3.8) is 0 Å². The fourth-order valence-electron chi connectivity index (χ4n) is 3.15. The highest BCUT2D eigenvalue weighted by Crippen LogP contribution is 2.25. The number of aromatic nitrogens is 2. The minimum absolute atomic E-state index is 0.720. The Morgan fingerprint density at radius 1 is 1.24 bits per heavy atom. The van der Waals surface area contributed by atoms with E-state index in [-0.39, 0.29) is 0 Å². The second-order valence-electron chi connectivity index (χ2n) is 5.99. The molecule has 0 spiro atoms. The van der Waals surface area contributed by atoms with Crippen LogP contribution >= 0.6 is 0 Å². The van der Waals surface area contributed by atoms with Crippen molar-refractivity contribution in [2.45, 2.75) is 58.8 Å². The van der Waals surface area contributed by atoms with E-state index in [0.717, 1.165) is 49.3 Å². The molecule has 1 aromatic rings. The predicted molar refractivity (Wildman–Crippen MR) is 88.3 cm³/mol. The molecule has 3 N–H and O–H groups in total. The van der Waals surface area contributed by atoms with Crippen LogP contribution in [0.15, 0.2) is 6.07 Å². The third kappa shape index (κ3) is 4.56. The van der Waals surface area contributed by atoms with Crippen molar-refractivity contribution < 1.29 is 0 Å². The van der Waals surface area contributed by atoms with Gasteiger partial charge in [0.1, 0.15) is 17.5 Å². The van der Waals surface area contributed by atoms with E-state index < -0.39 is 0 Å². The van der Waals surface area contributed by atoms with Gasteiger partial charge in [-0.25, -0.2) is 15.8 Å². The molecule has 1 aliphatic rings. The van der Waals surface area contributed by atoms with Crippen LogP contribution in [0.5, 0.6) is 0 Å². The Balaban J connectivity index is 2.11. The molecule has 118 valence electrons. The van der Waals surface area contributed by atoms with Crippen LogP contribution in [0.4, 0.5) is 11.6 Å². The molecule has 5 heteroatoms. The maximum Gasteiger partial charge on any atom is 0.145 e. The van der Waals surface area contributed by atoms with Gasteiger partial charge < -0.3 is 10.3 Å². The molecule has 1 saturated heterocycles. The average molecular weight is 291 g/mol. The topological polar surface area (TPSA) is 67.1 Å². The number of hydrazine groups is 1. The standard InChI is InChI=1S/C16H29N5/c1-3-6-13-8-5-10-21(11-9-13)16-12-15(20-17)18-14(19-16)7-4-2/h12-13H,3-11,17H2,1-2H3,(H,18,19,20). The Bertz CT molecular complexity index is 435. The monoisotopic (exact) mass is 291 g/mol. The van der Waals surface area contributed by atoms with E-state index in [0.29, 0.717) is 0 Å². The molecule has 1 fully saturated rings. The third-order valence-electron chi connectivity index (χ3n) is 4.25. The fourth-order valence-corrected chi connectivity index (χ4v) is 3.15. The molecule has 2 heterocycles. The summed E-state index contributed by atoms with van der Waals surface area (Å²) in [6.07, 6.45) is 8.46. The van der Waals surface area contributed by atoms with Gasteiger partial charge in [-0.15, -0.1) is 0 Å². The highest BCUT2D eigenvalue weighted by atomic mass is 15.3. The average Bonchev–Trinajstić information content (AvgIpc) is 2.73. The van der Waals surface area contributed by atoms with Crippen LogP contribution in [0.2, 0.25) is 0 Å². The van der Waals surface area contributed by atoms with Gasteiger partial charge in [0.2, 0.25) is 0 Å². The maximum atomic E-state index is 5.55. The number of anilines is 2. The van der Waals surface area contributed by atoms with E-state index in [1.807, 2.05) is 6.07 Å². The maximum absolute atomic E-state index is 5.55. The van der Waals surface area contributed by atoms with E-state index in [1.165, 1.54) is 32.1 Å². The van der Waals surface area contributed by atoms with E-state index >= 15 is 0 Å². The number of hydrogen-bond acceptors (Lipinski definition) is 5.